The standard InChI is InChI=1S/C23H25BrN2O3/c1-14-21(17-8-9-17)26(15(2)27)20-11-10-18(24)12-19(20)22(14)25(23(28)29)13-16-6-4-3-5-7-16/h3-7,10-12,14,17,21-22H,8-9,13H2,1-2H3,(H,28,29)/t14-,21-,22-/m1/s1. The van der Waals surface area contributed by atoms with Crippen molar-refractivity contribution in [3.63, 3.8) is 0 Å². The van der Waals surface area contributed by atoms with Gasteiger partial charge in [-0.15, -0.1) is 0 Å². The molecule has 29 heavy (non-hydrogen) atoms. The summed E-state index contributed by atoms with van der Waals surface area (Å²) in [6.07, 6.45) is 1.23. The fourth-order valence-electron chi connectivity index (χ4n) is 4.82. The largest absolute Gasteiger partial charge is 0.465 e. The number of fused-ring (bicyclic) bond motifs is 1. The molecule has 0 spiro atoms. The molecule has 6 heteroatoms. The number of nitrogens with zero attached hydrogens (tertiary/aromatic N) is 2. The van der Waals surface area contributed by atoms with Gasteiger partial charge < -0.3 is 10.0 Å². The van der Waals surface area contributed by atoms with Gasteiger partial charge in [-0.1, -0.05) is 53.2 Å². The van der Waals surface area contributed by atoms with Crippen LogP contribution in [0.2, 0.25) is 0 Å². The molecule has 2 amide bonds. The summed E-state index contributed by atoms with van der Waals surface area (Å²) >= 11 is 3.53. The van der Waals surface area contributed by atoms with E-state index >= 15 is 0 Å². The van der Waals surface area contributed by atoms with Gasteiger partial charge in [-0.05, 0) is 42.5 Å². The lowest BCUT2D eigenvalue weighted by Gasteiger charge is -2.48. The van der Waals surface area contributed by atoms with Gasteiger partial charge in [0, 0.05) is 41.2 Å². The smallest absolute Gasteiger partial charge is 0.408 e. The molecule has 2 aromatic carbocycles. The quantitative estimate of drug-likeness (QED) is 0.664. The van der Waals surface area contributed by atoms with Gasteiger partial charge in [0.1, 0.15) is 0 Å². The lowest BCUT2D eigenvalue weighted by molar-refractivity contribution is -0.117. The minimum absolute atomic E-state index is 0.00647. The molecule has 1 N–H and O–H groups in total. The molecule has 1 aliphatic heterocycles. The Morgan fingerprint density at radius 2 is 1.86 bits per heavy atom. The summed E-state index contributed by atoms with van der Waals surface area (Å²) in [6.45, 7) is 4.01. The number of benzene rings is 2. The molecular formula is C23H25BrN2O3. The second kappa shape index (κ2) is 7.82. The van der Waals surface area contributed by atoms with Crippen LogP contribution in [0.3, 0.4) is 0 Å². The number of anilines is 1. The van der Waals surface area contributed by atoms with E-state index in [1.54, 1.807) is 6.92 Å². The zero-order valence-corrected chi connectivity index (χ0v) is 18.2. The van der Waals surface area contributed by atoms with E-state index in [4.69, 9.17) is 0 Å². The van der Waals surface area contributed by atoms with Crippen molar-refractivity contribution >= 4 is 33.6 Å². The van der Waals surface area contributed by atoms with Gasteiger partial charge in [0.05, 0.1) is 6.04 Å². The highest BCUT2D eigenvalue weighted by atomic mass is 79.9. The molecule has 152 valence electrons. The van der Waals surface area contributed by atoms with Crippen molar-refractivity contribution in [2.24, 2.45) is 11.8 Å². The van der Waals surface area contributed by atoms with Crippen LogP contribution in [0.4, 0.5) is 10.5 Å². The maximum Gasteiger partial charge on any atom is 0.408 e. The fourth-order valence-corrected chi connectivity index (χ4v) is 5.20. The Morgan fingerprint density at radius 3 is 2.45 bits per heavy atom. The Kier molecular flexibility index (Phi) is 5.38. The van der Waals surface area contributed by atoms with E-state index in [2.05, 4.69) is 22.9 Å². The maximum absolute atomic E-state index is 12.6. The third-order valence-corrected chi connectivity index (χ3v) is 6.62. The van der Waals surface area contributed by atoms with Gasteiger partial charge in [0.15, 0.2) is 0 Å². The lowest BCUT2D eigenvalue weighted by Crippen LogP contribution is -2.53. The van der Waals surface area contributed by atoms with Crippen LogP contribution in [-0.4, -0.2) is 28.0 Å². The van der Waals surface area contributed by atoms with E-state index in [1.165, 1.54) is 4.90 Å². The Balaban J connectivity index is 1.83. The molecule has 0 radical (unpaired) electrons. The normalized spacial score (nSPS) is 23.4. The highest BCUT2D eigenvalue weighted by Gasteiger charge is 2.49. The number of amides is 2. The van der Waals surface area contributed by atoms with Gasteiger partial charge in [-0.3, -0.25) is 9.69 Å². The van der Waals surface area contributed by atoms with E-state index in [-0.39, 0.29) is 23.9 Å². The summed E-state index contributed by atoms with van der Waals surface area (Å²) in [7, 11) is 0. The van der Waals surface area contributed by atoms with Gasteiger partial charge in [0.25, 0.3) is 0 Å². The molecule has 0 aromatic heterocycles. The van der Waals surface area contributed by atoms with Crippen molar-refractivity contribution in [1.29, 1.82) is 0 Å². The number of carboxylic acid groups (broad SMARTS) is 1. The molecule has 1 saturated carbocycles. The molecule has 1 fully saturated rings. The maximum atomic E-state index is 12.6. The van der Waals surface area contributed by atoms with E-state index in [0.717, 1.165) is 34.1 Å². The van der Waals surface area contributed by atoms with E-state index < -0.39 is 6.09 Å². The molecule has 2 aliphatic rings. The molecule has 1 heterocycles. The van der Waals surface area contributed by atoms with Crippen LogP contribution in [-0.2, 0) is 11.3 Å². The Bertz CT molecular complexity index is 929. The number of carbonyl (C=O) groups excluding carboxylic acids is 1. The molecule has 5 nitrogen and oxygen atoms in total. The number of hydrogen-bond donors (Lipinski definition) is 1. The van der Waals surface area contributed by atoms with Crippen LogP contribution in [0.15, 0.2) is 53.0 Å². The lowest BCUT2D eigenvalue weighted by atomic mass is 9.79. The number of halogens is 1. The van der Waals surface area contributed by atoms with Gasteiger partial charge in [-0.2, -0.15) is 0 Å². The van der Waals surface area contributed by atoms with Gasteiger partial charge >= 0.3 is 6.09 Å². The molecule has 2 aromatic rings. The first kappa shape index (κ1) is 20.0. The average Bonchev–Trinajstić information content (AvgIpc) is 3.51. The number of rotatable bonds is 4. The molecule has 0 saturated heterocycles. The minimum atomic E-state index is -0.942. The van der Waals surface area contributed by atoms with E-state index in [9.17, 15) is 14.7 Å². The van der Waals surface area contributed by atoms with Crippen molar-refractivity contribution in [2.75, 3.05) is 4.90 Å². The predicted octanol–water partition coefficient (Wildman–Crippen LogP) is 5.45. The summed E-state index contributed by atoms with van der Waals surface area (Å²) in [5.74, 6) is 0.439. The van der Waals surface area contributed by atoms with Crippen molar-refractivity contribution in [3.8, 4) is 0 Å². The minimum Gasteiger partial charge on any atom is -0.465 e. The SMILES string of the molecule is CC(=O)N1c2ccc(Br)cc2[C@H](N(Cc2ccccc2)C(=O)O)[C@H](C)[C@@H]1C1CC1. The van der Waals surface area contributed by atoms with Crippen LogP contribution in [0.25, 0.3) is 0 Å². The third-order valence-electron chi connectivity index (χ3n) is 6.12. The number of hydrogen-bond acceptors (Lipinski definition) is 2. The van der Waals surface area contributed by atoms with Gasteiger partial charge in [-0.25, -0.2) is 4.79 Å². The topological polar surface area (TPSA) is 60.9 Å². The number of carbonyl (C=O) groups is 2. The monoisotopic (exact) mass is 456 g/mol. The van der Waals surface area contributed by atoms with Crippen molar-refractivity contribution in [3.05, 3.63) is 64.1 Å². The summed E-state index contributed by atoms with van der Waals surface area (Å²) in [6, 6.07) is 15.2. The zero-order valence-electron chi connectivity index (χ0n) is 16.6. The molecule has 4 rings (SSSR count). The first-order valence-electron chi connectivity index (χ1n) is 10.0. The first-order valence-corrected chi connectivity index (χ1v) is 10.8. The first-order chi connectivity index (χ1) is 13.9. The van der Waals surface area contributed by atoms with Crippen LogP contribution in [0, 0.1) is 11.8 Å². The predicted molar refractivity (Wildman–Crippen MR) is 116 cm³/mol. The average molecular weight is 457 g/mol. The summed E-state index contributed by atoms with van der Waals surface area (Å²) < 4.78 is 0.881. The third kappa shape index (κ3) is 3.78. The van der Waals surface area contributed by atoms with Crippen molar-refractivity contribution < 1.29 is 14.7 Å². The van der Waals surface area contributed by atoms with Crippen LogP contribution in [0.5, 0.6) is 0 Å². The molecular weight excluding hydrogens is 432 g/mol. The fraction of sp³-hybridized carbons (Fsp3) is 0.391. The molecule has 1 aliphatic carbocycles. The molecule has 0 bridgehead atoms. The highest BCUT2D eigenvalue weighted by molar-refractivity contribution is 9.10. The summed E-state index contributed by atoms with van der Waals surface area (Å²) in [4.78, 5) is 28.5. The Morgan fingerprint density at radius 1 is 1.17 bits per heavy atom. The summed E-state index contributed by atoms with van der Waals surface area (Å²) in [5.41, 5.74) is 2.67. The second-order valence-electron chi connectivity index (χ2n) is 8.12. The van der Waals surface area contributed by atoms with E-state index in [0.29, 0.717) is 12.5 Å². The van der Waals surface area contributed by atoms with Crippen molar-refractivity contribution in [2.45, 2.75) is 45.3 Å². The van der Waals surface area contributed by atoms with Crippen LogP contribution >= 0.6 is 15.9 Å². The molecule has 3 atom stereocenters. The van der Waals surface area contributed by atoms with Crippen LogP contribution < -0.4 is 4.90 Å². The van der Waals surface area contributed by atoms with Crippen LogP contribution in [0.1, 0.15) is 43.9 Å². The van der Waals surface area contributed by atoms with E-state index in [1.807, 2.05) is 53.4 Å². The molecule has 0 unspecified atom stereocenters. The van der Waals surface area contributed by atoms with Crippen molar-refractivity contribution in [1.82, 2.24) is 4.90 Å². The second-order valence-corrected chi connectivity index (χ2v) is 9.04. The Hall–Kier alpha value is -2.34. The Labute approximate surface area is 179 Å². The summed E-state index contributed by atoms with van der Waals surface area (Å²) in [5, 5.41) is 10.1. The zero-order chi connectivity index (χ0) is 20.7. The highest BCUT2D eigenvalue weighted by Crippen LogP contribution is 2.51. The van der Waals surface area contributed by atoms with Gasteiger partial charge in [0.2, 0.25) is 5.91 Å².